The summed E-state index contributed by atoms with van der Waals surface area (Å²) >= 11 is 6.17. The molecule has 2 N–H and O–H groups in total. The van der Waals surface area contributed by atoms with Crippen molar-refractivity contribution in [3.8, 4) is 0 Å². The number of hydrogen-bond donors (Lipinski definition) is 2. The van der Waals surface area contributed by atoms with Crippen molar-refractivity contribution in [1.29, 1.82) is 0 Å². The lowest BCUT2D eigenvalue weighted by molar-refractivity contribution is 0.0890. The SMILES string of the molecule is Cc1cc2oc(C(=O)NCC(O)c3ccc(C(C)C)cc3)c(C)c2cc1Cl. The third-order valence-electron chi connectivity index (χ3n) is 4.87. The molecule has 3 rings (SSSR count). The summed E-state index contributed by atoms with van der Waals surface area (Å²) in [6.07, 6.45) is -0.781. The van der Waals surface area contributed by atoms with E-state index in [1.54, 1.807) is 0 Å². The summed E-state index contributed by atoms with van der Waals surface area (Å²) < 4.78 is 5.72. The molecule has 0 aliphatic heterocycles. The standard InChI is InChI=1S/C22H24ClNO3/c1-12(2)15-5-7-16(8-6-15)19(25)11-24-22(26)21-14(4)17-10-18(23)13(3)9-20(17)27-21/h5-10,12,19,25H,11H2,1-4H3,(H,24,26). The number of aliphatic hydroxyl groups excluding tert-OH is 1. The van der Waals surface area contributed by atoms with Crippen molar-refractivity contribution in [2.75, 3.05) is 6.54 Å². The molecule has 1 aromatic heterocycles. The number of amides is 1. The van der Waals surface area contributed by atoms with Gasteiger partial charge in [-0.1, -0.05) is 49.7 Å². The summed E-state index contributed by atoms with van der Waals surface area (Å²) in [5, 5.41) is 14.6. The summed E-state index contributed by atoms with van der Waals surface area (Å²) in [5.41, 5.74) is 4.24. The topological polar surface area (TPSA) is 62.5 Å². The summed E-state index contributed by atoms with van der Waals surface area (Å²) in [6.45, 7) is 8.07. The molecule has 1 amide bonds. The van der Waals surface area contributed by atoms with Gasteiger partial charge in [-0.25, -0.2) is 0 Å². The highest BCUT2D eigenvalue weighted by atomic mass is 35.5. The van der Waals surface area contributed by atoms with Gasteiger partial charge in [0.15, 0.2) is 5.76 Å². The van der Waals surface area contributed by atoms with Crippen LogP contribution in [0.25, 0.3) is 11.0 Å². The van der Waals surface area contributed by atoms with Gasteiger partial charge in [0.1, 0.15) is 5.58 Å². The number of hydrogen-bond acceptors (Lipinski definition) is 3. The predicted molar refractivity (Wildman–Crippen MR) is 109 cm³/mol. The average molecular weight is 386 g/mol. The van der Waals surface area contributed by atoms with Gasteiger partial charge < -0.3 is 14.8 Å². The third-order valence-corrected chi connectivity index (χ3v) is 5.27. The van der Waals surface area contributed by atoms with Crippen molar-refractivity contribution < 1.29 is 14.3 Å². The Kier molecular flexibility index (Phi) is 5.59. The maximum Gasteiger partial charge on any atom is 0.287 e. The van der Waals surface area contributed by atoms with E-state index in [0.29, 0.717) is 16.5 Å². The van der Waals surface area contributed by atoms with Crippen molar-refractivity contribution in [1.82, 2.24) is 5.32 Å². The van der Waals surface area contributed by atoms with E-state index in [1.807, 2.05) is 50.2 Å². The molecule has 27 heavy (non-hydrogen) atoms. The minimum atomic E-state index is -0.781. The minimum absolute atomic E-state index is 0.107. The van der Waals surface area contributed by atoms with Crippen LogP contribution in [0.4, 0.5) is 0 Å². The van der Waals surface area contributed by atoms with E-state index in [4.69, 9.17) is 16.0 Å². The zero-order valence-corrected chi connectivity index (χ0v) is 16.7. The van der Waals surface area contributed by atoms with Gasteiger partial charge in [0.2, 0.25) is 0 Å². The third kappa shape index (κ3) is 4.02. The number of carbonyl (C=O) groups excluding carboxylic acids is 1. The maximum atomic E-state index is 12.5. The first kappa shape index (κ1) is 19.5. The average Bonchev–Trinajstić information content (AvgIpc) is 2.96. The van der Waals surface area contributed by atoms with Crippen LogP contribution < -0.4 is 5.32 Å². The number of furan rings is 1. The van der Waals surface area contributed by atoms with Crippen LogP contribution in [0, 0.1) is 13.8 Å². The number of fused-ring (bicyclic) bond motifs is 1. The first-order chi connectivity index (χ1) is 12.8. The van der Waals surface area contributed by atoms with Gasteiger partial charge in [0, 0.05) is 22.5 Å². The van der Waals surface area contributed by atoms with Crippen LogP contribution in [-0.4, -0.2) is 17.6 Å². The van der Waals surface area contributed by atoms with Crippen LogP contribution >= 0.6 is 11.6 Å². The molecule has 3 aromatic rings. The molecule has 2 aromatic carbocycles. The van der Waals surface area contributed by atoms with Gasteiger partial charge in [0.05, 0.1) is 6.10 Å². The number of aryl methyl sites for hydroxylation is 2. The molecular formula is C22H24ClNO3. The lowest BCUT2D eigenvalue weighted by Crippen LogP contribution is -2.28. The van der Waals surface area contributed by atoms with Crippen molar-refractivity contribution in [2.45, 2.75) is 39.7 Å². The fourth-order valence-corrected chi connectivity index (χ4v) is 3.21. The molecule has 4 nitrogen and oxygen atoms in total. The molecule has 1 unspecified atom stereocenters. The Bertz CT molecular complexity index is 973. The number of aliphatic hydroxyl groups is 1. The van der Waals surface area contributed by atoms with Crippen LogP contribution in [0.3, 0.4) is 0 Å². The number of nitrogens with one attached hydrogen (secondary N) is 1. The van der Waals surface area contributed by atoms with Gasteiger partial charge in [-0.15, -0.1) is 0 Å². The second-order valence-electron chi connectivity index (χ2n) is 7.20. The Hall–Kier alpha value is -2.30. The molecule has 1 heterocycles. The number of halogens is 1. The van der Waals surface area contributed by atoms with Crippen LogP contribution in [-0.2, 0) is 0 Å². The Morgan fingerprint density at radius 1 is 1.15 bits per heavy atom. The molecule has 5 heteroatoms. The number of carbonyl (C=O) groups is 1. The lowest BCUT2D eigenvalue weighted by atomic mass is 10.00. The van der Waals surface area contributed by atoms with Gasteiger partial charge in [-0.3, -0.25) is 4.79 Å². The van der Waals surface area contributed by atoms with E-state index >= 15 is 0 Å². The molecule has 0 aliphatic carbocycles. The molecule has 0 spiro atoms. The zero-order chi connectivity index (χ0) is 19.7. The Morgan fingerprint density at radius 2 is 1.78 bits per heavy atom. The highest BCUT2D eigenvalue weighted by Crippen LogP contribution is 2.30. The quantitative estimate of drug-likeness (QED) is 0.627. The first-order valence-corrected chi connectivity index (χ1v) is 9.41. The van der Waals surface area contributed by atoms with Crippen molar-refractivity contribution in [3.05, 3.63) is 69.4 Å². The Morgan fingerprint density at radius 3 is 2.41 bits per heavy atom. The smallest absolute Gasteiger partial charge is 0.287 e. The normalized spacial score (nSPS) is 12.6. The molecule has 142 valence electrons. The monoisotopic (exact) mass is 385 g/mol. The van der Waals surface area contributed by atoms with Crippen LogP contribution in [0.5, 0.6) is 0 Å². The summed E-state index contributed by atoms with van der Waals surface area (Å²) in [7, 11) is 0. The molecule has 0 bridgehead atoms. The Labute approximate surface area is 164 Å². The molecule has 0 fully saturated rings. The first-order valence-electron chi connectivity index (χ1n) is 9.03. The molecule has 0 saturated carbocycles. The fraction of sp³-hybridized carbons (Fsp3) is 0.318. The van der Waals surface area contributed by atoms with Crippen molar-refractivity contribution in [3.63, 3.8) is 0 Å². The van der Waals surface area contributed by atoms with E-state index < -0.39 is 6.10 Å². The maximum absolute atomic E-state index is 12.5. The van der Waals surface area contributed by atoms with Crippen LogP contribution in [0.1, 0.15) is 58.7 Å². The van der Waals surface area contributed by atoms with Gasteiger partial charge in [0.25, 0.3) is 5.91 Å². The van der Waals surface area contributed by atoms with Crippen molar-refractivity contribution in [2.24, 2.45) is 0 Å². The molecule has 1 atom stereocenters. The minimum Gasteiger partial charge on any atom is -0.451 e. The van der Waals surface area contributed by atoms with Crippen LogP contribution in [0.15, 0.2) is 40.8 Å². The van der Waals surface area contributed by atoms with E-state index in [2.05, 4.69) is 19.2 Å². The molecule has 0 radical (unpaired) electrons. The lowest BCUT2D eigenvalue weighted by Gasteiger charge is -2.13. The van der Waals surface area contributed by atoms with Crippen LogP contribution in [0.2, 0.25) is 5.02 Å². The molecular weight excluding hydrogens is 362 g/mol. The highest BCUT2D eigenvalue weighted by molar-refractivity contribution is 6.32. The van der Waals surface area contributed by atoms with E-state index in [9.17, 15) is 9.90 Å². The predicted octanol–water partition coefficient (Wildman–Crippen LogP) is 5.29. The van der Waals surface area contributed by atoms with Gasteiger partial charge in [-0.2, -0.15) is 0 Å². The van der Waals surface area contributed by atoms with E-state index in [-0.39, 0.29) is 18.2 Å². The van der Waals surface area contributed by atoms with Gasteiger partial charge in [-0.05, 0) is 48.6 Å². The second kappa shape index (κ2) is 7.75. The Balaban J connectivity index is 1.72. The van der Waals surface area contributed by atoms with E-state index in [0.717, 1.165) is 22.1 Å². The summed E-state index contributed by atoms with van der Waals surface area (Å²) in [4.78, 5) is 12.5. The van der Waals surface area contributed by atoms with Gasteiger partial charge >= 0.3 is 0 Å². The fourth-order valence-electron chi connectivity index (χ4n) is 3.05. The van der Waals surface area contributed by atoms with Crippen molar-refractivity contribution >= 4 is 28.5 Å². The number of rotatable bonds is 5. The number of benzene rings is 2. The zero-order valence-electron chi connectivity index (χ0n) is 16.0. The molecule has 0 saturated heterocycles. The van der Waals surface area contributed by atoms with E-state index in [1.165, 1.54) is 5.56 Å². The second-order valence-corrected chi connectivity index (χ2v) is 7.61. The largest absolute Gasteiger partial charge is 0.451 e. The highest BCUT2D eigenvalue weighted by Gasteiger charge is 2.19. The summed E-state index contributed by atoms with van der Waals surface area (Å²) in [6, 6.07) is 11.4. The molecule has 0 aliphatic rings. The summed E-state index contributed by atoms with van der Waals surface area (Å²) in [5.74, 6) is 0.327.